The number of nitrogens with zero attached hydrogens (tertiary/aromatic N) is 1. The Morgan fingerprint density at radius 3 is 2.56 bits per heavy atom. The Kier molecular flexibility index (Phi) is 4.22. The summed E-state index contributed by atoms with van der Waals surface area (Å²) >= 11 is 0. The maximum atomic E-state index is 12.3. The molecule has 1 aliphatic rings. The molecule has 1 aromatic heterocycles. The molecule has 0 bridgehead atoms. The molecular weight excluding hydrogens is 338 g/mol. The van der Waals surface area contributed by atoms with Crippen LogP contribution in [0.5, 0.6) is 5.75 Å². The number of para-hydroxylation sites is 1. The summed E-state index contributed by atoms with van der Waals surface area (Å²) in [6.07, 6.45) is 0. The van der Waals surface area contributed by atoms with Crippen molar-refractivity contribution < 1.29 is 9.15 Å². The summed E-state index contributed by atoms with van der Waals surface area (Å²) in [5.74, 6) is 1.21. The van der Waals surface area contributed by atoms with Crippen LogP contribution in [-0.4, -0.2) is 6.73 Å². The highest BCUT2D eigenvalue weighted by molar-refractivity contribution is 5.86. The van der Waals surface area contributed by atoms with Gasteiger partial charge in [-0.1, -0.05) is 32.0 Å². The fourth-order valence-corrected chi connectivity index (χ4v) is 3.94. The van der Waals surface area contributed by atoms with E-state index in [2.05, 4.69) is 43.9 Å². The number of rotatable bonds is 2. The first kappa shape index (κ1) is 17.7. The first-order chi connectivity index (χ1) is 12.9. The van der Waals surface area contributed by atoms with E-state index >= 15 is 0 Å². The molecule has 0 amide bonds. The van der Waals surface area contributed by atoms with Crippen molar-refractivity contribution in [1.29, 1.82) is 0 Å². The van der Waals surface area contributed by atoms with Crippen molar-refractivity contribution in [1.82, 2.24) is 0 Å². The lowest BCUT2D eigenvalue weighted by molar-refractivity contribution is 0.288. The van der Waals surface area contributed by atoms with Crippen LogP contribution in [0.4, 0.5) is 5.69 Å². The van der Waals surface area contributed by atoms with Gasteiger partial charge < -0.3 is 14.1 Å². The quantitative estimate of drug-likeness (QED) is 0.587. The molecular formula is C23H25NO3. The second kappa shape index (κ2) is 6.45. The van der Waals surface area contributed by atoms with Crippen LogP contribution in [0.1, 0.15) is 47.6 Å². The summed E-state index contributed by atoms with van der Waals surface area (Å²) in [5.41, 5.74) is 6.68. The van der Waals surface area contributed by atoms with Crippen molar-refractivity contribution in [3.8, 4) is 5.75 Å². The van der Waals surface area contributed by atoms with Crippen molar-refractivity contribution in [2.75, 3.05) is 11.6 Å². The van der Waals surface area contributed by atoms with E-state index in [1.54, 1.807) is 0 Å². The summed E-state index contributed by atoms with van der Waals surface area (Å²) in [7, 11) is 0. The minimum Gasteiger partial charge on any atom is -0.473 e. The van der Waals surface area contributed by atoms with E-state index in [9.17, 15) is 4.79 Å². The molecule has 2 heterocycles. The van der Waals surface area contributed by atoms with E-state index < -0.39 is 0 Å². The zero-order chi connectivity index (χ0) is 19.3. The van der Waals surface area contributed by atoms with Crippen LogP contribution in [0, 0.1) is 20.8 Å². The fourth-order valence-electron chi connectivity index (χ4n) is 3.94. The zero-order valence-electron chi connectivity index (χ0n) is 16.6. The number of ether oxygens (including phenoxy) is 1. The van der Waals surface area contributed by atoms with Gasteiger partial charge >= 0.3 is 5.63 Å². The van der Waals surface area contributed by atoms with Crippen molar-refractivity contribution in [3.63, 3.8) is 0 Å². The molecule has 4 rings (SSSR count). The van der Waals surface area contributed by atoms with Crippen molar-refractivity contribution >= 4 is 16.7 Å². The van der Waals surface area contributed by atoms with Crippen LogP contribution >= 0.6 is 0 Å². The highest BCUT2D eigenvalue weighted by Crippen LogP contribution is 2.38. The number of anilines is 1. The number of hydrogen-bond acceptors (Lipinski definition) is 4. The molecule has 140 valence electrons. The molecule has 0 saturated carbocycles. The zero-order valence-corrected chi connectivity index (χ0v) is 16.6. The summed E-state index contributed by atoms with van der Waals surface area (Å²) < 4.78 is 11.8. The normalized spacial score (nSPS) is 13.8. The van der Waals surface area contributed by atoms with E-state index in [0.717, 1.165) is 22.3 Å². The third-order valence-corrected chi connectivity index (χ3v) is 5.62. The van der Waals surface area contributed by atoms with Gasteiger partial charge in [0.1, 0.15) is 11.3 Å². The Morgan fingerprint density at radius 2 is 1.81 bits per heavy atom. The second-order valence-corrected chi connectivity index (χ2v) is 7.70. The van der Waals surface area contributed by atoms with E-state index in [1.807, 2.05) is 26.0 Å². The minimum absolute atomic E-state index is 0.274. The maximum Gasteiger partial charge on any atom is 0.339 e. The molecule has 0 unspecified atom stereocenters. The lowest BCUT2D eigenvalue weighted by Gasteiger charge is -2.34. The van der Waals surface area contributed by atoms with Gasteiger partial charge in [-0.15, -0.1) is 0 Å². The number of fused-ring (bicyclic) bond motifs is 3. The van der Waals surface area contributed by atoms with Crippen LogP contribution < -0.4 is 15.3 Å². The Hall–Kier alpha value is -2.75. The summed E-state index contributed by atoms with van der Waals surface area (Å²) in [6.45, 7) is 11.5. The Balaban J connectivity index is 1.88. The SMILES string of the molecule is Cc1cccc(C(C)C)c1N1COc2ccc3c(C)c(C)c(=O)oc3c2C1. The van der Waals surface area contributed by atoms with Gasteiger partial charge in [0.05, 0.1) is 12.1 Å². The van der Waals surface area contributed by atoms with E-state index in [4.69, 9.17) is 9.15 Å². The van der Waals surface area contributed by atoms with Crippen LogP contribution in [0.15, 0.2) is 39.5 Å². The molecule has 0 aliphatic carbocycles. The largest absolute Gasteiger partial charge is 0.473 e. The number of aryl methyl sites for hydroxylation is 2. The highest BCUT2D eigenvalue weighted by Gasteiger charge is 2.25. The predicted octanol–water partition coefficient (Wildman–Crippen LogP) is 5.20. The molecule has 4 heteroatoms. The molecule has 0 spiro atoms. The molecule has 3 aromatic rings. The van der Waals surface area contributed by atoms with E-state index in [1.165, 1.54) is 16.8 Å². The second-order valence-electron chi connectivity index (χ2n) is 7.70. The Morgan fingerprint density at radius 1 is 1.04 bits per heavy atom. The first-order valence-electron chi connectivity index (χ1n) is 9.41. The molecule has 0 radical (unpaired) electrons. The van der Waals surface area contributed by atoms with Crippen LogP contribution in [0.2, 0.25) is 0 Å². The topological polar surface area (TPSA) is 42.7 Å². The molecule has 1 aliphatic heterocycles. The van der Waals surface area contributed by atoms with Crippen molar-refractivity contribution in [3.05, 3.63) is 68.6 Å². The summed E-state index contributed by atoms with van der Waals surface area (Å²) in [6, 6.07) is 10.4. The predicted molar refractivity (Wildman–Crippen MR) is 109 cm³/mol. The van der Waals surface area contributed by atoms with E-state index in [-0.39, 0.29) is 5.63 Å². The average Bonchev–Trinajstić information content (AvgIpc) is 2.65. The van der Waals surface area contributed by atoms with Gasteiger partial charge in [-0.3, -0.25) is 0 Å². The van der Waals surface area contributed by atoms with Crippen LogP contribution in [-0.2, 0) is 6.54 Å². The maximum absolute atomic E-state index is 12.3. The summed E-state index contributed by atoms with van der Waals surface area (Å²) in [5, 5.41) is 0.977. The molecule has 0 saturated heterocycles. The number of benzene rings is 2. The van der Waals surface area contributed by atoms with Crippen LogP contribution in [0.25, 0.3) is 11.0 Å². The molecule has 0 fully saturated rings. The smallest absolute Gasteiger partial charge is 0.339 e. The molecule has 0 N–H and O–H groups in total. The molecule has 27 heavy (non-hydrogen) atoms. The summed E-state index contributed by atoms with van der Waals surface area (Å²) in [4.78, 5) is 14.5. The lowest BCUT2D eigenvalue weighted by atomic mass is 9.96. The Bertz CT molecular complexity index is 1090. The van der Waals surface area contributed by atoms with Gasteiger partial charge in [0.25, 0.3) is 0 Å². The van der Waals surface area contributed by atoms with Gasteiger partial charge in [0, 0.05) is 16.6 Å². The highest BCUT2D eigenvalue weighted by atomic mass is 16.5. The fraction of sp³-hybridized carbons (Fsp3) is 0.348. The monoisotopic (exact) mass is 363 g/mol. The number of hydrogen-bond donors (Lipinski definition) is 0. The van der Waals surface area contributed by atoms with Gasteiger partial charge in [-0.2, -0.15) is 0 Å². The van der Waals surface area contributed by atoms with Crippen molar-refractivity contribution in [2.45, 2.75) is 47.1 Å². The van der Waals surface area contributed by atoms with Crippen LogP contribution in [0.3, 0.4) is 0 Å². The first-order valence-corrected chi connectivity index (χ1v) is 9.41. The van der Waals surface area contributed by atoms with Gasteiger partial charge in [-0.25, -0.2) is 4.79 Å². The minimum atomic E-state index is -0.274. The standard InChI is InChI=1S/C23H25NO3/c1-13(2)17-8-6-7-14(3)21(17)24-11-19-20(26-12-24)10-9-18-15(4)16(5)23(25)27-22(18)19/h6-10,13H,11-12H2,1-5H3. The lowest BCUT2D eigenvalue weighted by Crippen LogP contribution is -2.33. The van der Waals surface area contributed by atoms with Crippen molar-refractivity contribution in [2.24, 2.45) is 0 Å². The van der Waals surface area contributed by atoms with Gasteiger partial charge in [0.2, 0.25) is 0 Å². The Labute approximate surface area is 159 Å². The molecule has 4 nitrogen and oxygen atoms in total. The molecule has 0 atom stereocenters. The third kappa shape index (κ3) is 2.80. The van der Waals surface area contributed by atoms with Gasteiger partial charge in [-0.05, 0) is 55.5 Å². The molecule has 2 aromatic carbocycles. The van der Waals surface area contributed by atoms with Gasteiger partial charge in [0.15, 0.2) is 6.73 Å². The average molecular weight is 363 g/mol. The van der Waals surface area contributed by atoms with E-state index in [0.29, 0.717) is 30.3 Å². The third-order valence-electron chi connectivity index (χ3n) is 5.62.